The number of aromatic nitrogens is 4. The maximum Gasteiger partial charge on any atom is 0.435 e. The Morgan fingerprint density at radius 1 is 1.11 bits per heavy atom. The average Bonchev–Trinajstić information content (AvgIpc) is 3.48. The molecule has 5 rings (SSSR count). The number of carbonyl (C=O) groups is 2. The van der Waals surface area contributed by atoms with E-state index < -0.39 is 17.8 Å². The number of nitrogens with one attached hydrogen (secondary N) is 2. The summed E-state index contributed by atoms with van der Waals surface area (Å²) in [5.41, 5.74) is 5.45. The summed E-state index contributed by atoms with van der Waals surface area (Å²) in [5.74, 6) is -1.05. The molecule has 2 heterocycles. The van der Waals surface area contributed by atoms with Crippen molar-refractivity contribution in [2.75, 3.05) is 5.32 Å². The van der Waals surface area contributed by atoms with E-state index >= 15 is 0 Å². The molecular weight excluding hydrogens is 523 g/mol. The van der Waals surface area contributed by atoms with Crippen molar-refractivity contribution in [3.05, 3.63) is 52.7 Å². The van der Waals surface area contributed by atoms with Crippen LogP contribution in [0.3, 0.4) is 0 Å². The summed E-state index contributed by atoms with van der Waals surface area (Å²) in [6.45, 7) is 0. The van der Waals surface area contributed by atoms with Crippen LogP contribution in [-0.4, -0.2) is 43.2 Å². The number of nitrogens with two attached hydrogens (primary N) is 1. The van der Waals surface area contributed by atoms with Gasteiger partial charge in [-0.3, -0.25) is 14.3 Å². The van der Waals surface area contributed by atoms with Crippen molar-refractivity contribution in [3.8, 4) is 11.3 Å². The lowest BCUT2D eigenvalue weighted by Gasteiger charge is -2.27. The molecule has 9 nitrogen and oxygen atoms in total. The Labute approximate surface area is 221 Å². The number of carbonyl (C=O) groups excluding carboxylic acids is 2. The van der Waals surface area contributed by atoms with Gasteiger partial charge in [0, 0.05) is 31.0 Å². The second-order valence-corrected chi connectivity index (χ2v) is 10.3. The zero-order valence-electron chi connectivity index (χ0n) is 20.6. The molecule has 0 spiro atoms. The minimum Gasteiger partial charge on any atom is -0.349 e. The van der Waals surface area contributed by atoms with Crippen LogP contribution < -0.4 is 16.4 Å². The first-order valence-electron chi connectivity index (χ1n) is 12.4. The molecule has 0 aliphatic heterocycles. The molecule has 0 bridgehead atoms. The summed E-state index contributed by atoms with van der Waals surface area (Å²) < 4.78 is 43.6. The number of imidazole rings is 1. The molecule has 2 saturated carbocycles. The van der Waals surface area contributed by atoms with Crippen LogP contribution in [0.25, 0.3) is 11.3 Å². The van der Waals surface area contributed by atoms with E-state index in [4.69, 9.17) is 17.3 Å². The molecular formula is C25H27ClF3N7O2. The number of anilines is 1. The van der Waals surface area contributed by atoms with Crippen LogP contribution in [0, 0.1) is 0 Å². The van der Waals surface area contributed by atoms with Crippen molar-refractivity contribution in [3.63, 3.8) is 0 Å². The van der Waals surface area contributed by atoms with Gasteiger partial charge in [-0.1, -0.05) is 11.6 Å². The molecule has 0 atom stereocenters. The van der Waals surface area contributed by atoms with E-state index in [0.717, 1.165) is 38.5 Å². The van der Waals surface area contributed by atoms with Crippen molar-refractivity contribution in [2.45, 2.75) is 62.8 Å². The van der Waals surface area contributed by atoms with Crippen molar-refractivity contribution in [1.29, 1.82) is 0 Å². The quantitative estimate of drug-likeness (QED) is 0.417. The molecule has 2 fully saturated rings. The highest BCUT2D eigenvalue weighted by molar-refractivity contribution is 6.34. The second kappa shape index (κ2) is 10.1. The smallest absolute Gasteiger partial charge is 0.349 e. The Morgan fingerprint density at radius 2 is 1.82 bits per heavy atom. The second-order valence-electron chi connectivity index (χ2n) is 9.86. The van der Waals surface area contributed by atoms with Crippen LogP contribution in [0.1, 0.15) is 71.2 Å². The summed E-state index contributed by atoms with van der Waals surface area (Å²) in [4.78, 5) is 29.7. The first-order valence-corrected chi connectivity index (χ1v) is 12.7. The van der Waals surface area contributed by atoms with Crippen LogP contribution in [0.4, 0.5) is 18.9 Å². The molecule has 2 amide bonds. The molecule has 0 unspecified atom stereocenters. The summed E-state index contributed by atoms with van der Waals surface area (Å²) in [5, 5.41) is 9.51. The third-order valence-electron chi connectivity index (χ3n) is 6.97. The molecule has 3 aromatic rings. The van der Waals surface area contributed by atoms with Crippen LogP contribution in [0.5, 0.6) is 0 Å². The fourth-order valence-electron chi connectivity index (χ4n) is 4.68. The highest BCUT2D eigenvalue weighted by atomic mass is 35.5. The van der Waals surface area contributed by atoms with Gasteiger partial charge < -0.3 is 20.9 Å². The lowest BCUT2D eigenvalue weighted by Crippen LogP contribution is -2.40. The molecule has 202 valence electrons. The summed E-state index contributed by atoms with van der Waals surface area (Å²) in [6, 6.07) is 4.63. The van der Waals surface area contributed by atoms with Crippen molar-refractivity contribution in [1.82, 2.24) is 24.6 Å². The number of rotatable bonds is 6. The predicted molar refractivity (Wildman–Crippen MR) is 135 cm³/mol. The van der Waals surface area contributed by atoms with E-state index in [2.05, 4.69) is 20.7 Å². The van der Waals surface area contributed by atoms with Gasteiger partial charge in [0.25, 0.3) is 11.8 Å². The number of alkyl halides is 3. The van der Waals surface area contributed by atoms with Gasteiger partial charge in [0.2, 0.25) is 0 Å². The number of amides is 2. The van der Waals surface area contributed by atoms with Crippen molar-refractivity contribution in [2.24, 2.45) is 12.8 Å². The lowest BCUT2D eigenvalue weighted by molar-refractivity contribution is -0.141. The van der Waals surface area contributed by atoms with Crippen LogP contribution in [0.2, 0.25) is 5.02 Å². The number of halogens is 4. The van der Waals surface area contributed by atoms with Gasteiger partial charge in [-0.15, -0.1) is 0 Å². The van der Waals surface area contributed by atoms with Crippen LogP contribution >= 0.6 is 11.6 Å². The third-order valence-corrected chi connectivity index (χ3v) is 7.28. The molecule has 2 aromatic heterocycles. The normalized spacial score (nSPS) is 19.8. The topological polar surface area (TPSA) is 120 Å². The first kappa shape index (κ1) is 26.2. The highest BCUT2D eigenvalue weighted by Crippen LogP contribution is 2.41. The zero-order chi connectivity index (χ0) is 27.2. The number of nitrogens with zero attached hydrogens (tertiary/aromatic N) is 4. The number of hydrogen-bond acceptors (Lipinski definition) is 5. The fraction of sp³-hybridized carbons (Fsp3) is 0.440. The molecule has 13 heteroatoms. The van der Waals surface area contributed by atoms with E-state index in [1.54, 1.807) is 0 Å². The van der Waals surface area contributed by atoms with E-state index in [1.807, 2.05) is 0 Å². The first-order chi connectivity index (χ1) is 18.0. The highest BCUT2D eigenvalue weighted by Gasteiger charge is 2.40. The zero-order valence-corrected chi connectivity index (χ0v) is 21.3. The lowest BCUT2D eigenvalue weighted by atomic mass is 9.91. The van der Waals surface area contributed by atoms with Gasteiger partial charge >= 0.3 is 6.18 Å². The molecule has 0 radical (unpaired) electrons. The monoisotopic (exact) mass is 549 g/mol. The predicted octanol–water partition coefficient (Wildman–Crippen LogP) is 4.54. The van der Waals surface area contributed by atoms with Crippen LogP contribution in [0.15, 0.2) is 30.6 Å². The average molecular weight is 550 g/mol. The Bertz CT molecular complexity index is 1370. The Kier molecular flexibility index (Phi) is 6.95. The number of hydrogen-bond donors (Lipinski definition) is 3. The molecule has 2 aliphatic rings. The van der Waals surface area contributed by atoms with Gasteiger partial charge in [-0.25, -0.2) is 4.98 Å². The molecule has 0 saturated heterocycles. The minimum atomic E-state index is -4.66. The molecule has 1 aromatic carbocycles. The van der Waals surface area contributed by atoms with E-state index in [-0.39, 0.29) is 51.7 Å². The largest absolute Gasteiger partial charge is 0.435 e. The van der Waals surface area contributed by atoms with Gasteiger partial charge in [0.05, 0.1) is 34.1 Å². The Hall–Kier alpha value is -3.38. The maximum atomic E-state index is 13.7. The Balaban J connectivity index is 1.30. The SMILES string of the molecule is Cn1c(-c2cn(C3CC3)nc2C(F)(F)F)cnc1C(=O)Nc1ccc(C(=O)NC2CCC(N)CC2)c(Cl)c1. The van der Waals surface area contributed by atoms with Gasteiger partial charge in [-0.2, -0.15) is 18.3 Å². The fourth-order valence-corrected chi connectivity index (χ4v) is 4.94. The minimum absolute atomic E-state index is 0.0320. The molecule has 38 heavy (non-hydrogen) atoms. The summed E-state index contributed by atoms with van der Waals surface area (Å²) >= 11 is 6.33. The van der Waals surface area contributed by atoms with Gasteiger partial charge in [-0.05, 0) is 56.7 Å². The third kappa shape index (κ3) is 5.41. The summed E-state index contributed by atoms with van der Waals surface area (Å²) in [7, 11) is 1.46. The maximum absolute atomic E-state index is 13.7. The van der Waals surface area contributed by atoms with Gasteiger partial charge in [0.1, 0.15) is 0 Å². The number of benzene rings is 1. The molecule has 4 N–H and O–H groups in total. The van der Waals surface area contributed by atoms with Crippen molar-refractivity contribution >= 4 is 29.1 Å². The summed E-state index contributed by atoms with van der Waals surface area (Å²) in [6.07, 6.45) is 2.76. The van der Waals surface area contributed by atoms with Crippen molar-refractivity contribution < 1.29 is 22.8 Å². The standard InChI is InChI=1S/C25H27ClF3N7O2/c1-35-20(18-12-36(16-7-8-16)34-21(18)25(27,28)29)11-31-22(35)24(38)33-15-6-9-17(19(26)10-15)23(37)32-14-4-2-13(30)3-5-14/h6,9-14,16H,2-5,7-8,30H2,1H3,(H,32,37)(H,33,38). The Morgan fingerprint density at radius 3 is 2.45 bits per heavy atom. The molecule has 2 aliphatic carbocycles. The van der Waals surface area contributed by atoms with E-state index in [0.29, 0.717) is 5.69 Å². The van der Waals surface area contributed by atoms with E-state index in [1.165, 1.54) is 46.9 Å². The van der Waals surface area contributed by atoms with E-state index in [9.17, 15) is 22.8 Å². The van der Waals surface area contributed by atoms with Crippen LogP contribution in [-0.2, 0) is 13.2 Å². The van der Waals surface area contributed by atoms with Gasteiger partial charge in [0.15, 0.2) is 11.5 Å².